The number of amides is 1. The van der Waals surface area contributed by atoms with Crippen LogP contribution in [0.4, 0.5) is 5.00 Å². The second-order valence-corrected chi connectivity index (χ2v) is 9.26. The summed E-state index contributed by atoms with van der Waals surface area (Å²) in [6.07, 6.45) is 4.33. The Morgan fingerprint density at radius 3 is 2.31 bits per heavy atom. The number of piperazine rings is 1. The highest BCUT2D eigenvalue weighted by atomic mass is 32.1. The fourth-order valence-electron chi connectivity index (χ4n) is 4.09. The minimum atomic E-state index is -0.417. The van der Waals surface area contributed by atoms with Gasteiger partial charge < -0.3 is 10.1 Å². The van der Waals surface area contributed by atoms with E-state index >= 15 is 0 Å². The predicted molar refractivity (Wildman–Crippen MR) is 143 cm³/mol. The van der Waals surface area contributed by atoms with Crippen LogP contribution in [0.25, 0.3) is 17.2 Å². The number of esters is 1. The molecule has 1 aliphatic rings. The number of hydrogen-bond acceptors (Lipinski definition) is 6. The monoisotopic (exact) mass is 489 g/mol. The second kappa shape index (κ2) is 12.4. The first-order valence-corrected chi connectivity index (χ1v) is 12.8. The van der Waals surface area contributed by atoms with Crippen LogP contribution in [0.3, 0.4) is 0 Å². The average molecular weight is 490 g/mol. The lowest BCUT2D eigenvalue weighted by molar-refractivity contribution is -0.117. The molecular formula is C28H31N3O3S. The van der Waals surface area contributed by atoms with Crippen molar-refractivity contribution in [3.05, 3.63) is 83.2 Å². The van der Waals surface area contributed by atoms with Crippen molar-refractivity contribution in [1.82, 2.24) is 9.80 Å². The highest BCUT2D eigenvalue weighted by molar-refractivity contribution is 7.15. The molecule has 6 nitrogen and oxygen atoms in total. The van der Waals surface area contributed by atoms with Crippen molar-refractivity contribution in [2.45, 2.75) is 6.92 Å². The van der Waals surface area contributed by atoms with Gasteiger partial charge in [-0.05, 0) is 18.1 Å². The zero-order chi connectivity index (χ0) is 24.5. The molecule has 35 heavy (non-hydrogen) atoms. The van der Waals surface area contributed by atoms with Gasteiger partial charge in [0.25, 0.3) is 0 Å². The van der Waals surface area contributed by atoms with E-state index in [1.807, 2.05) is 53.9 Å². The van der Waals surface area contributed by atoms with E-state index in [1.54, 1.807) is 6.92 Å². The van der Waals surface area contributed by atoms with Crippen molar-refractivity contribution in [3.63, 3.8) is 0 Å². The number of ether oxygens (including phenoxy) is 1. The van der Waals surface area contributed by atoms with E-state index in [2.05, 4.69) is 39.4 Å². The zero-order valence-electron chi connectivity index (χ0n) is 20.0. The van der Waals surface area contributed by atoms with Crippen LogP contribution in [-0.4, -0.2) is 67.6 Å². The fraction of sp³-hybridized carbons (Fsp3) is 0.286. The standard InChI is InChI=1S/C28H31N3O3S/c1-2-34-28(33)26-24(23-13-7-4-8-14-23)21-35-27(26)29-25(32)20-31-18-16-30(17-19-31)15-9-12-22-10-5-3-6-11-22/h3-14,21H,2,15-20H2,1H3,(H,29,32)/b12-9+. The summed E-state index contributed by atoms with van der Waals surface area (Å²) >= 11 is 1.36. The Morgan fingerprint density at radius 2 is 1.63 bits per heavy atom. The molecule has 4 rings (SSSR count). The first kappa shape index (κ1) is 24.9. The summed E-state index contributed by atoms with van der Waals surface area (Å²) in [5, 5.41) is 5.40. The van der Waals surface area contributed by atoms with Crippen LogP contribution in [0.15, 0.2) is 72.1 Å². The van der Waals surface area contributed by atoms with Gasteiger partial charge in [-0.1, -0.05) is 72.8 Å². The lowest BCUT2D eigenvalue weighted by Crippen LogP contribution is -2.48. The van der Waals surface area contributed by atoms with Crippen LogP contribution < -0.4 is 5.32 Å². The van der Waals surface area contributed by atoms with Crippen LogP contribution in [0, 0.1) is 0 Å². The number of rotatable bonds is 9. The molecule has 1 aliphatic heterocycles. The van der Waals surface area contributed by atoms with Crippen molar-refractivity contribution in [1.29, 1.82) is 0 Å². The molecule has 0 bridgehead atoms. The topological polar surface area (TPSA) is 61.9 Å². The molecular weight excluding hydrogens is 458 g/mol. The van der Waals surface area contributed by atoms with Gasteiger partial charge in [-0.3, -0.25) is 14.6 Å². The molecule has 7 heteroatoms. The Labute approximate surface area is 210 Å². The Bertz CT molecular complexity index is 1140. The maximum Gasteiger partial charge on any atom is 0.341 e. The van der Waals surface area contributed by atoms with E-state index in [0.29, 0.717) is 17.1 Å². The van der Waals surface area contributed by atoms with Gasteiger partial charge >= 0.3 is 5.97 Å². The number of carbonyl (C=O) groups is 2. The van der Waals surface area contributed by atoms with Crippen LogP contribution in [0.5, 0.6) is 0 Å². The highest BCUT2D eigenvalue weighted by Crippen LogP contribution is 2.36. The van der Waals surface area contributed by atoms with E-state index in [9.17, 15) is 9.59 Å². The number of hydrogen-bond donors (Lipinski definition) is 1. The number of thiophene rings is 1. The zero-order valence-corrected chi connectivity index (χ0v) is 20.8. The number of anilines is 1. The number of benzene rings is 2. The molecule has 0 radical (unpaired) electrons. The minimum absolute atomic E-state index is 0.116. The summed E-state index contributed by atoms with van der Waals surface area (Å²) in [5.74, 6) is -0.533. The molecule has 1 aromatic heterocycles. The number of carbonyl (C=O) groups excluding carboxylic acids is 2. The molecule has 0 aliphatic carbocycles. The van der Waals surface area contributed by atoms with Crippen molar-refractivity contribution in [3.8, 4) is 11.1 Å². The Hall–Kier alpha value is -3.26. The van der Waals surface area contributed by atoms with Crippen molar-refractivity contribution >= 4 is 34.3 Å². The van der Waals surface area contributed by atoms with E-state index < -0.39 is 5.97 Å². The third-order valence-electron chi connectivity index (χ3n) is 5.91. The molecule has 2 aromatic carbocycles. The molecule has 1 amide bonds. The van der Waals surface area contributed by atoms with Gasteiger partial charge in [0.15, 0.2) is 0 Å². The largest absolute Gasteiger partial charge is 0.462 e. The predicted octanol–water partition coefficient (Wildman–Crippen LogP) is 4.86. The minimum Gasteiger partial charge on any atom is -0.462 e. The molecule has 1 N–H and O–H groups in total. The summed E-state index contributed by atoms with van der Waals surface area (Å²) in [7, 11) is 0. The SMILES string of the molecule is CCOC(=O)c1c(-c2ccccc2)csc1NC(=O)CN1CCN(C/C=C/c2ccccc2)CC1. The third-order valence-corrected chi connectivity index (χ3v) is 6.81. The molecule has 1 saturated heterocycles. The molecule has 0 spiro atoms. The summed E-state index contributed by atoms with van der Waals surface area (Å²) in [6.45, 7) is 6.75. The first-order chi connectivity index (χ1) is 17.1. The van der Waals surface area contributed by atoms with E-state index in [0.717, 1.165) is 43.9 Å². The summed E-state index contributed by atoms with van der Waals surface area (Å²) in [6, 6.07) is 20.0. The van der Waals surface area contributed by atoms with Gasteiger partial charge in [0.05, 0.1) is 13.2 Å². The van der Waals surface area contributed by atoms with Crippen molar-refractivity contribution in [2.24, 2.45) is 0 Å². The molecule has 0 atom stereocenters. The Balaban J connectivity index is 1.31. The quantitative estimate of drug-likeness (QED) is 0.435. The maximum absolute atomic E-state index is 12.8. The van der Waals surface area contributed by atoms with Gasteiger partial charge in [0, 0.05) is 43.7 Å². The lowest BCUT2D eigenvalue weighted by atomic mass is 10.0. The smallest absolute Gasteiger partial charge is 0.341 e. The van der Waals surface area contributed by atoms with Crippen molar-refractivity contribution in [2.75, 3.05) is 51.2 Å². The van der Waals surface area contributed by atoms with Crippen molar-refractivity contribution < 1.29 is 14.3 Å². The number of nitrogens with one attached hydrogen (secondary N) is 1. The van der Waals surface area contributed by atoms with E-state index in [4.69, 9.17) is 4.74 Å². The van der Waals surface area contributed by atoms with Crippen LogP contribution in [0.1, 0.15) is 22.8 Å². The van der Waals surface area contributed by atoms with Gasteiger partial charge in [0.2, 0.25) is 5.91 Å². The van der Waals surface area contributed by atoms with Crippen LogP contribution in [0.2, 0.25) is 0 Å². The molecule has 2 heterocycles. The molecule has 182 valence electrons. The number of nitrogens with zero attached hydrogens (tertiary/aromatic N) is 2. The van der Waals surface area contributed by atoms with E-state index in [-0.39, 0.29) is 12.5 Å². The molecule has 0 saturated carbocycles. The Morgan fingerprint density at radius 1 is 0.971 bits per heavy atom. The first-order valence-electron chi connectivity index (χ1n) is 11.9. The summed E-state index contributed by atoms with van der Waals surface area (Å²) < 4.78 is 5.29. The maximum atomic E-state index is 12.8. The van der Waals surface area contributed by atoms with Gasteiger partial charge in [-0.2, -0.15) is 0 Å². The van der Waals surface area contributed by atoms with E-state index in [1.165, 1.54) is 16.9 Å². The Kier molecular flexibility index (Phi) is 8.84. The highest BCUT2D eigenvalue weighted by Gasteiger charge is 2.24. The molecule has 0 unspecified atom stereocenters. The normalized spacial score (nSPS) is 14.8. The lowest BCUT2D eigenvalue weighted by Gasteiger charge is -2.33. The second-order valence-electron chi connectivity index (χ2n) is 8.38. The fourth-order valence-corrected chi connectivity index (χ4v) is 5.06. The summed E-state index contributed by atoms with van der Waals surface area (Å²) in [5.41, 5.74) is 3.33. The molecule has 1 fully saturated rings. The molecule has 3 aromatic rings. The van der Waals surface area contributed by atoms with Gasteiger partial charge in [-0.25, -0.2) is 4.79 Å². The van der Waals surface area contributed by atoms with Crippen LogP contribution >= 0.6 is 11.3 Å². The van der Waals surface area contributed by atoms with Crippen LogP contribution in [-0.2, 0) is 9.53 Å². The average Bonchev–Trinajstić information content (AvgIpc) is 3.30. The third kappa shape index (κ3) is 6.88. The van der Waals surface area contributed by atoms with Gasteiger partial charge in [0.1, 0.15) is 10.6 Å². The summed E-state index contributed by atoms with van der Waals surface area (Å²) in [4.78, 5) is 30.1. The van der Waals surface area contributed by atoms with Gasteiger partial charge in [-0.15, -0.1) is 11.3 Å².